The van der Waals surface area contributed by atoms with E-state index in [2.05, 4.69) is 42.6 Å². The molecule has 1 aromatic carbocycles. The molecule has 2 rings (SSSR count). The second-order valence-corrected chi connectivity index (χ2v) is 8.81. The van der Waals surface area contributed by atoms with Crippen LogP contribution in [0.5, 0.6) is 0 Å². The number of thiocarbonyl (C=S) groups is 1. The zero-order chi connectivity index (χ0) is 25.7. The number of carboxylic acids is 1. The molecule has 0 atom stereocenters. The molecule has 6 nitrogen and oxygen atoms in total. The number of nitrogens with one attached hydrogen (secondary N) is 1. The standard InChI is InChI=1S/C20H30N2O.C7H11NO2S/c1-7-9-10-17-13-18(12-11-14(17)3)15(4)20(23)19(8-2)16(5)22-21-6;9-7(10)6-1-3-8(5-11)4-2-6/h8,11-13,21,23H,7,9-10H2,1-6H3;5-6H,1-4H2,(H,9,10)/b19-8-,20-15-,22-16+;. The lowest BCUT2D eigenvalue weighted by molar-refractivity contribution is -0.142. The second kappa shape index (κ2) is 15.3. The monoisotopic (exact) mass is 487 g/mol. The van der Waals surface area contributed by atoms with Crippen molar-refractivity contribution in [3.05, 3.63) is 52.3 Å². The number of aryl methyl sites for hydroxylation is 2. The summed E-state index contributed by atoms with van der Waals surface area (Å²) >= 11 is 4.73. The molecule has 0 radical (unpaired) electrons. The lowest BCUT2D eigenvalue weighted by Crippen LogP contribution is -2.34. The van der Waals surface area contributed by atoms with Crippen molar-refractivity contribution in [2.24, 2.45) is 11.0 Å². The predicted octanol–water partition coefficient (Wildman–Crippen LogP) is 5.91. The van der Waals surface area contributed by atoms with Crippen molar-refractivity contribution < 1.29 is 15.0 Å². The quantitative estimate of drug-likeness (QED) is 0.132. The maximum absolute atomic E-state index is 10.7. The van der Waals surface area contributed by atoms with Gasteiger partial charge in [0.2, 0.25) is 0 Å². The van der Waals surface area contributed by atoms with Gasteiger partial charge in [-0.25, -0.2) is 0 Å². The summed E-state index contributed by atoms with van der Waals surface area (Å²) in [6.45, 7) is 11.7. The SMILES string of the molecule is C/C=C(C(\O)=C(/C)c1ccc(C)c(CCCC)c1)/C(C)=N/NC.O=C(O)C1CCN(C=S)CC1. The number of unbranched alkanes of at least 4 members (excludes halogenated alkanes) is 1. The topological polar surface area (TPSA) is 85.2 Å². The van der Waals surface area contributed by atoms with Crippen LogP contribution in [0.3, 0.4) is 0 Å². The molecule has 0 saturated carbocycles. The number of aliphatic hydroxyl groups is 1. The molecule has 1 saturated heterocycles. The fraction of sp³-hybridized carbons (Fsp3) is 0.519. The van der Waals surface area contributed by atoms with Crippen molar-refractivity contribution in [2.75, 3.05) is 20.1 Å². The normalized spacial score (nSPS) is 15.8. The van der Waals surface area contributed by atoms with E-state index in [-0.39, 0.29) is 11.7 Å². The number of carboxylic acid groups (broad SMARTS) is 1. The zero-order valence-electron chi connectivity index (χ0n) is 21.5. The molecule has 0 aromatic heterocycles. The van der Waals surface area contributed by atoms with Gasteiger partial charge >= 0.3 is 5.97 Å². The van der Waals surface area contributed by atoms with Gasteiger partial charge in [-0.2, -0.15) is 5.10 Å². The van der Waals surface area contributed by atoms with Gasteiger partial charge in [-0.3, -0.25) is 4.79 Å². The van der Waals surface area contributed by atoms with E-state index in [1.807, 2.05) is 31.7 Å². The van der Waals surface area contributed by atoms with Crippen molar-refractivity contribution in [1.29, 1.82) is 0 Å². The van der Waals surface area contributed by atoms with Crippen LogP contribution in [0.2, 0.25) is 0 Å². The highest BCUT2D eigenvalue weighted by Crippen LogP contribution is 2.25. The van der Waals surface area contributed by atoms with Gasteiger partial charge in [0.15, 0.2) is 0 Å². The molecule has 1 aliphatic rings. The van der Waals surface area contributed by atoms with E-state index in [9.17, 15) is 9.90 Å². The zero-order valence-corrected chi connectivity index (χ0v) is 22.3. The number of aliphatic hydroxyl groups excluding tert-OH is 1. The van der Waals surface area contributed by atoms with Crippen molar-refractivity contribution in [3.8, 4) is 0 Å². The van der Waals surface area contributed by atoms with Gasteiger partial charge in [0.1, 0.15) is 5.76 Å². The van der Waals surface area contributed by atoms with Crippen LogP contribution in [0.4, 0.5) is 0 Å². The van der Waals surface area contributed by atoms with Crippen molar-refractivity contribution in [1.82, 2.24) is 10.3 Å². The van der Waals surface area contributed by atoms with Crippen LogP contribution < -0.4 is 5.43 Å². The Hall–Kier alpha value is -2.67. The molecule has 0 spiro atoms. The minimum Gasteiger partial charge on any atom is -0.507 e. The Morgan fingerprint density at radius 2 is 1.91 bits per heavy atom. The summed E-state index contributed by atoms with van der Waals surface area (Å²) in [5.74, 6) is -0.537. The van der Waals surface area contributed by atoms with Crippen LogP contribution in [0.15, 0.2) is 40.7 Å². The molecule has 188 valence electrons. The molecule has 1 aromatic rings. The van der Waals surface area contributed by atoms with E-state index in [4.69, 9.17) is 17.3 Å². The Morgan fingerprint density at radius 3 is 2.41 bits per heavy atom. The molecule has 0 amide bonds. The number of nitrogens with zero attached hydrogens (tertiary/aromatic N) is 2. The lowest BCUT2D eigenvalue weighted by Gasteiger charge is -2.27. The molecule has 0 unspecified atom stereocenters. The highest BCUT2D eigenvalue weighted by atomic mass is 32.1. The van der Waals surface area contributed by atoms with Gasteiger partial charge in [0.25, 0.3) is 0 Å². The van der Waals surface area contributed by atoms with E-state index in [0.717, 1.165) is 54.8 Å². The molecule has 1 fully saturated rings. The number of allylic oxidation sites excluding steroid dienone is 3. The number of hydrogen-bond donors (Lipinski definition) is 3. The van der Waals surface area contributed by atoms with Gasteiger partial charge in [-0.1, -0.05) is 49.8 Å². The second-order valence-electron chi connectivity index (χ2n) is 8.60. The molecule has 1 aliphatic heterocycles. The Bertz CT molecular complexity index is 914. The minimum atomic E-state index is -0.672. The molecule has 7 heteroatoms. The third-order valence-electron chi connectivity index (χ3n) is 6.18. The first-order valence-corrected chi connectivity index (χ1v) is 12.5. The number of rotatable bonds is 9. The van der Waals surface area contributed by atoms with E-state index < -0.39 is 5.97 Å². The van der Waals surface area contributed by atoms with Crippen LogP contribution in [0.1, 0.15) is 70.1 Å². The summed E-state index contributed by atoms with van der Waals surface area (Å²) < 4.78 is 0. The number of carbonyl (C=O) groups is 1. The number of benzene rings is 1. The van der Waals surface area contributed by atoms with E-state index in [1.54, 1.807) is 12.5 Å². The first-order chi connectivity index (χ1) is 16.2. The van der Waals surface area contributed by atoms with Gasteiger partial charge in [0.05, 0.1) is 17.1 Å². The van der Waals surface area contributed by atoms with Gasteiger partial charge in [0, 0.05) is 25.7 Å². The molecule has 34 heavy (non-hydrogen) atoms. The van der Waals surface area contributed by atoms with Crippen molar-refractivity contribution in [2.45, 2.75) is 66.7 Å². The maximum atomic E-state index is 10.7. The summed E-state index contributed by atoms with van der Waals surface area (Å²) in [6.07, 6.45) is 6.80. The fourth-order valence-electron chi connectivity index (χ4n) is 3.88. The summed E-state index contributed by atoms with van der Waals surface area (Å²) in [5, 5.41) is 23.5. The first kappa shape index (κ1) is 29.4. The van der Waals surface area contributed by atoms with Crippen LogP contribution in [-0.4, -0.2) is 52.4 Å². The summed E-state index contributed by atoms with van der Waals surface area (Å²) in [4.78, 5) is 12.5. The Labute approximate surface area is 210 Å². The highest BCUT2D eigenvalue weighted by Gasteiger charge is 2.22. The third kappa shape index (κ3) is 8.93. The van der Waals surface area contributed by atoms with Crippen LogP contribution >= 0.6 is 12.2 Å². The number of hydrazone groups is 1. The smallest absolute Gasteiger partial charge is 0.306 e. The summed E-state index contributed by atoms with van der Waals surface area (Å²) in [5.41, 5.74) is 10.5. The number of aliphatic carboxylic acids is 1. The number of hydrogen-bond acceptors (Lipinski definition) is 5. The average Bonchev–Trinajstić information content (AvgIpc) is 2.84. The molecule has 0 bridgehead atoms. The molecule has 3 N–H and O–H groups in total. The number of likely N-dealkylation sites (tertiary alicyclic amines) is 1. The Morgan fingerprint density at radius 1 is 1.26 bits per heavy atom. The van der Waals surface area contributed by atoms with Gasteiger partial charge < -0.3 is 20.5 Å². The molecule has 1 heterocycles. The Balaban J connectivity index is 0.000000437. The molecule has 0 aliphatic carbocycles. The molecular weight excluding hydrogens is 446 g/mol. The van der Waals surface area contributed by atoms with Crippen LogP contribution in [0, 0.1) is 12.8 Å². The average molecular weight is 488 g/mol. The van der Waals surface area contributed by atoms with Crippen molar-refractivity contribution in [3.63, 3.8) is 0 Å². The fourth-order valence-corrected chi connectivity index (χ4v) is 4.09. The van der Waals surface area contributed by atoms with E-state index in [1.165, 1.54) is 24.0 Å². The largest absolute Gasteiger partial charge is 0.507 e. The van der Waals surface area contributed by atoms with Gasteiger partial charge in [-0.05, 0) is 75.6 Å². The molecular formula is C27H41N3O3S. The predicted molar refractivity (Wildman–Crippen MR) is 147 cm³/mol. The van der Waals surface area contributed by atoms with E-state index >= 15 is 0 Å². The summed E-state index contributed by atoms with van der Waals surface area (Å²) in [7, 11) is 1.75. The van der Waals surface area contributed by atoms with E-state index in [0.29, 0.717) is 0 Å². The summed E-state index contributed by atoms with van der Waals surface area (Å²) in [6, 6.07) is 6.42. The third-order valence-corrected chi connectivity index (χ3v) is 6.48. The van der Waals surface area contributed by atoms with Crippen molar-refractivity contribution >= 4 is 35.0 Å². The first-order valence-electron chi connectivity index (χ1n) is 12.0. The van der Waals surface area contributed by atoms with Crippen LogP contribution in [-0.2, 0) is 11.2 Å². The Kier molecular flexibility index (Phi) is 13.2. The van der Waals surface area contributed by atoms with Crippen LogP contribution in [0.25, 0.3) is 5.57 Å². The highest BCUT2D eigenvalue weighted by molar-refractivity contribution is 7.78. The maximum Gasteiger partial charge on any atom is 0.306 e. The lowest BCUT2D eigenvalue weighted by atomic mass is 9.95. The number of piperidine rings is 1. The van der Waals surface area contributed by atoms with Gasteiger partial charge in [-0.15, -0.1) is 0 Å². The minimum absolute atomic E-state index is 0.152.